The van der Waals surface area contributed by atoms with Gasteiger partial charge in [-0.05, 0) is 81.9 Å². The van der Waals surface area contributed by atoms with E-state index >= 15 is 0 Å². The first-order chi connectivity index (χ1) is 16.4. The minimum atomic E-state index is -0.749. The molecule has 0 atom stereocenters. The molecule has 8 heteroatoms. The van der Waals surface area contributed by atoms with Crippen LogP contribution in [-0.2, 0) is 15.1 Å². The van der Waals surface area contributed by atoms with Crippen LogP contribution in [0.1, 0.15) is 54.4 Å². The molecule has 1 aliphatic carbocycles. The number of esters is 1. The van der Waals surface area contributed by atoms with Gasteiger partial charge in [-0.2, -0.15) is 0 Å². The van der Waals surface area contributed by atoms with Crippen LogP contribution in [0.3, 0.4) is 0 Å². The zero-order chi connectivity index (χ0) is 23.7. The number of benzene rings is 1. The maximum absolute atomic E-state index is 13.2. The average Bonchev–Trinajstić information content (AvgIpc) is 3.46. The Hall–Kier alpha value is -3.00. The van der Waals surface area contributed by atoms with Crippen LogP contribution in [0.25, 0.3) is 0 Å². The fourth-order valence-electron chi connectivity index (χ4n) is 5.42. The summed E-state index contributed by atoms with van der Waals surface area (Å²) in [7, 11) is 1.89. The molecule has 5 rings (SSSR count). The van der Waals surface area contributed by atoms with Gasteiger partial charge in [0.2, 0.25) is 11.8 Å². The van der Waals surface area contributed by atoms with E-state index in [4.69, 9.17) is 9.47 Å². The number of hydrogen-bond donors (Lipinski definition) is 0. The number of likely N-dealkylation sites (tertiary alicyclic amines) is 1. The number of ether oxygens (including phenoxy) is 2. The Kier molecular flexibility index (Phi) is 6.25. The predicted molar refractivity (Wildman–Crippen MR) is 123 cm³/mol. The number of aromatic nitrogens is 1. The lowest BCUT2D eigenvalue weighted by molar-refractivity contribution is -0.137. The lowest BCUT2D eigenvalue weighted by atomic mass is 9.75. The van der Waals surface area contributed by atoms with Gasteiger partial charge in [-0.25, -0.2) is 14.2 Å². The number of carbonyl (C=O) groups excluding carboxylic acids is 2. The van der Waals surface area contributed by atoms with E-state index in [0.717, 1.165) is 31.7 Å². The quantitative estimate of drug-likeness (QED) is 0.595. The fourth-order valence-corrected chi connectivity index (χ4v) is 5.42. The van der Waals surface area contributed by atoms with Gasteiger partial charge >= 0.3 is 5.97 Å². The highest BCUT2D eigenvalue weighted by molar-refractivity contribution is 5.97. The Labute approximate surface area is 198 Å². The molecule has 0 unspecified atom stereocenters. The van der Waals surface area contributed by atoms with Gasteiger partial charge in [0.05, 0.1) is 0 Å². The zero-order valence-electron chi connectivity index (χ0n) is 19.5. The van der Waals surface area contributed by atoms with E-state index in [2.05, 4.69) is 9.88 Å². The number of fused-ring (bicyclic) bond motifs is 2. The molecule has 1 aromatic heterocycles. The molecule has 3 aliphatic rings. The smallest absolute Gasteiger partial charge is 0.345 e. The highest BCUT2D eigenvalue weighted by atomic mass is 19.1. The Morgan fingerprint density at radius 2 is 1.91 bits per heavy atom. The fraction of sp³-hybridized carbons (Fsp3) is 0.500. The van der Waals surface area contributed by atoms with Crippen molar-refractivity contribution in [1.29, 1.82) is 0 Å². The molecule has 2 aromatic rings. The van der Waals surface area contributed by atoms with Crippen LogP contribution < -0.4 is 4.74 Å². The minimum Gasteiger partial charge on any atom is -0.450 e. The van der Waals surface area contributed by atoms with Gasteiger partial charge in [-0.1, -0.05) is 0 Å². The van der Waals surface area contributed by atoms with Crippen LogP contribution >= 0.6 is 0 Å². The first-order valence-corrected chi connectivity index (χ1v) is 12.1. The minimum absolute atomic E-state index is 0.0614. The molecule has 0 bridgehead atoms. The summed E-state index contributed by atoms with van der Waals surface area (Å²) in [5, 5.41) is 0. The summed E-state index contributed by atoms with van der Waals surface area (Å²) in [4.78, 5) is 34.4. The van der Waals surface area contributed by atoms with Gasteiger partial charge < -0.3 is 19.3 Å². The normalized spacial score (nSPS) is 24.2. The van der Waals surface area contributed by atoms with E-state index in [1.807, 2.05) is 18.0 Å². The number of amides is 1. The first kappa shape index (κ1) is 22.8. The van der Waals surface area contributed by atoms with Crippen molar-refractivity contribution < 1.29 is 23.5 Å². The van der Waals surface area contributed by atoms with E-state index < -0.39 is 11.6 Å². The van der Waals surface area contributed by atoms with E-state index in [1.54, 1.807) is 6.20 Å². The highest BCUT2D eigenvalue weighted by Crippen LogP contribution is 2.50. The summed E-state index contributed by atoms with van der Waals surface area (Å²) >= 11 is 0. The van der Waals surface area contributed by atoms with Crippen molar-refractivity contribution in [2.24, 2.45) is 5.92 Å². The van der Waals surface area contributed by atoms with Gasteiger partial charge in [-0.3, -0.25) is 4.79 Å². The number of likely N-dealkylation sites (N-methyl/N-ethyl adjacent to an activating group) is 1. The molecule has 7 nitrogen and oxygen atoms in total. The molecule has 0 radical (unpaired) electrons. The van der Waals surface area contributed by atoms with Crippen LogP contribution in [0.2, 0.25) is 0 Å². The van der Waals surface area contributed by atoms with Crippen molar-refractivity contribution in [1.82, 2.24) is 14.8 Å². The third-order valence-electron chi connectivity index (χ3n) is 7.40. The van der Waals surface area contributed by atoms with E-state index in [1.165, 1.54) is 37.1 Å². The van der Waals surface area contributed by atoms with Gasteiger partial charge in [-0.15, -0.1) is 0 Å². The van der Waals surface area contributed by atoms with E-state index in [0.29, 0.717) is 37.0 Å². The second-order valence-electron chi connectivity index (χ2n) is 9.56. The largest absolute Gasteiger partial charge is 0.450 e. The topological polar surface area (TPSA) is 72.0 Å². The molecule has 1 saturated heterocycles. The number of halogens is 1. The number of rotatable bonds is 6. The Bertz CT molecular complexity index is 1060. The molecule has 180 valence electrons. The lowest BCUT2D eigenvalue weighted by Gasteiger charge is -2.37. The Balaban J connectivity index is 1.25. The summed E-state index contributed by atoms with van der Waals surface area (Å²) in [6.07, 6.45) is 6.59. The van der Waals surface area contributed by atoms with Crippen molar-refractivity contribution in [2.75, 3.05) is 33.2 Å². The number of pyridine rings is 1. The summed E-state index contributed by atoms with van der Waals surface area (Å²) in [5.41, 5.74) is 0.332. The predicted octanol–water partition coefficient (Wildman–Crippen LogP) is 4.12. The molecule has 2 fully saturated rings. The maximum atomic E-state index is 13.2. The summed E-state index contributed by atoms with van der Waals surface area (Å²) in [5.74, 6) is -0.173. The lowest BCUT2D eigenvalue weighted by Crippen LogP contribution is -2.41. The average molecular weight is 468 g/mol. The number of nitrogens with zero attached hydrogens (tertiary/aromatic N) is 3. The third kappa shape index (κ3) is 4.39. The highest BCUT2D eigenvalue weighted by Gasteiger charge is 2.50. The molecule has 1 spiro atoms. The first-order valence-electron chi connectivity index (χ1n) is 12.1. The molecule has 34 heavy (non-hydrogen) atoms. The van der Waals surface area contributed by atoms with Crippen LogP contribution in [-0.4, -0.2) is 59.9 Å². The number of hydrogen-bond acceptors (Lipinski definition) is 6. The molecule has 0 N–H and O–H groups in total. The van der Waals surface area contributed by atoms with Crippen LogP contribution in [0, 0.1) is 11.7 Å². The van der Waals surface area contributed by atoms with Gasteiger partial charge in [0, 0.05) is 37.8 Å². The second kappa shape index (κ2) is 9.33. The van der Waals surface area contributed by atoms with Crippen molar-refractivity contribution in [3.05, 3.63) is 53.5 Å². The summed E-state index contributed by atoms with van der Waals surface area (Å²) in [6.45, 7) is 3.92. The molecular weight excluding hydrogens is 437 g/mol. The van der Waals surface area contributed by atoms with Gasteiger partial charge in [0.25, 0.3) is 0 Å². The number of carbonyl (C=O) groups is 2. The SMILES string of the molecule is CN(CCN1CCCC1)C(=O)C1CCC2(CC1)OC(=O)c1c2ccnc1Oc1ccc(F)cc1. The van der Waals surface area contributed by atoms with Gasteiger partial charge in [0.15, 0.2) is 0 Å². The van der Waals surface area contributed by atoms with Crippen LogP contribution in [0.5, 0.6) is 11.6 Å². The zero-order valence-corrected chi connectivity index (χ0v) is 19.5. The monoisotopic (exact) mass is 467 g/mol. The third-order valence-corrected chi connectivity index (χ3v) is 7.40. The van der Waals surface area contributed by atoms with Gasteiger partial charge in [0.1, 0.15) is 22.7 Å². The van der Waals surface area contributed by atoms with Crippen molar-refractivity contribution in [3.8, 4) is 11.6 Å². The van der Waals surface area contributed by atoms with Crippen molar-refractivity contribution in [3.63, 3.8) is 0 Å². The van der Waals surface area contributed by atoms with Crippen LogP contribution in [0.4, 0.5) is 4.39 Å². The summed E-state index contributed by atoms with van der Waals surface area (Å²) in [6, 6.07) is 7.37. The van der Waals surface area contributed by atoms with Crippen molar-refractivity contribution in [2.45, 2.75) is 44.1 Å². The molecule has 1 saturated carbocycles. The van der Waals surface area contributed by atoms with Crippen LogP contribution in [0.15, 0.2) is 36.5 Å². The Morgan fingerprint density at radius 1 is 1.21 bits per heavy atom. The van der Waals surface area contributed by atoms with Crippen molar-refractivity contribution >= 4 is 11.9 Å². The van der Waals surface area contributed by atoms with E-state index in [-0.39, 0.29) is 23.5 Å². The molecule has 1 aromatic carbocycles. The second-order valence-corrected chi connectivity index (χ2v) is 9.56. The molecule has 2 aliphatic heterocycles. The molecule has 3 heterocycles. The molecular formula is C26H30FN3O4. The van der Waals surface area contributed by atoms with E-state index in [9.17, 15) is 14.0 Å². The standard InChI is InChI=1S/C26H30FN3O4/c1-29(16-17-30-14-2-3-15-30)24(31)18-8-11-26(12-9-18)21-10-13-28-23(22(21)25(32)34-26)33-20-6-4-19(27)5-7-20/h4-7,10,13,18H,2-3,8-9,11-12,14-17H2,1H3. The Morgan fingerprint density at radius 3 is 2.62 bits per heavy atom. The maximum Gasteiger partial charge on any atom is 0.345 e. The summed E-state index contributed by atoms with van der Waals surface area (Å²) < 4.78 is 24.9. The molecule has 1 amide bonds.